The Labute approximate surface area is 123 Å². The number of carbonyl (C=O) groups is 3. The minimum Gasteiger partial charge on any atom is -0.481 e. The number of aliphatic carboxylic acids is 1. The van der Waals surface area contributed by atoms with Crippen LogP contribution in [0.3, 0.4) is 0 Å². The molecule has 0 aromatic rings. The van der Waals surface area contributed by atoms with Gasteiger partial charge in [0.15, 0.2) is 0 Å². The number of hydrogen-bond acceptors (Lipinski definition) is 4. The molecule has 1 aliphatic carbocycles. The van der Waals surface area contributed by atoms with E-state index in [-0.39, 0.29) is 29.9 Å². The highest BCUT2D eigenvalue weighted by Crippen LogP contribution is 2.26. The van der Waals surface area contributed by atoms with Crippen LogP contribution in [-0.4, -0.2) is 54.2 Å². The Balaban J connectivity index is 1.83. The molecule has 2 N–H and O–H groups in total. The van der Waals surface area contributed by atoms with Gasteiger partial charge in [-0.3, -0.25) is 9.59 Å². The lowest BCUT2D eigenvalue weighted by molar-refractivity contribution is -0.147. The summed E-state index contributed by atoms with van der Waals surface area (Å²) in [4.78, 5) is 36.3. The largest absolute Gasteiger partial charge is 0.481 e. The maximum absolute atomic E-state index is 12.2. The number of carboxylic acids is 1. The number of carbonyl (C=O) groups excluding carboxylic acids is 2. The maximum atomic E-state index is 12.2. The molecular formula is C14H22N2O5. The monoisotopic (exact) mass is 298 g/mol. The van der Waals surface area contributed by atoms with E-state index in [1.165, 1.54) is 7.11 Å². The number of carboxylic acid groups (broad SMARTS) is 1. The van der Waals surface area contributed by atoms with Crippen molar-refractivity contribution in [1.82, 2.24) is 10.2 Å². The number of methoxy groups -OCH3 is 1. The van der Waals surface area contributed by atoms with E-state index in [0.29, 0.717) is 32.4 Å². The summed E-state index contributed by atoms with van der Waals surface area (Å²) in [6.07, 6.45) is 3.29. The molecule has 0 bridgehead atoms. The highest BCUT2D eigenvalue weighted by atomic mass is 16.5. The summed E-state index contributed by atoms with van der Waals surface area (Å²) in [5.74, 6) is -1.70. The van der Waals surface area contributed by atoms with Crippen molar-refractivity contribution in [2.45, 2.75) is 38.1 Å². The first-order chi connectivity index (χ1) is 10.0. The summed E-state index contributed by atoms with van der Waals surface area (Å²) in [7, 11) is 1.35. The van der Waals surface area contributed by atoms with Crippen LogP contribution in [0.5, 0.6) is 0 Å². The van der Waals surface area contributed by atoms with Crippen LogP contribution in [0.1, 0.15) is 32.1 Å². The molecule has 1 aliphatic heterocycles. The Morgan fingerprint density at radius 1 is 1.19 bits per heavy atom. The lowest BCUT2D eigenvalue weighted by Crippen LogP contribution is -2.49. The Kier molecular flexibility index (Phi) is 5.03. The van der Waals surface area contributed by atoms with Crippen LogP contribution in [0.15, 0.2) is 0 Å². The summed E-state index contributed by atoms with van der Waals surface area (Å²) in [6.45, 7) is 0.988. The molecule has 3 atom stereocenters. The molecule has 1 saturated carbocycles. The van der Waals surface area contributed by atoms with Gasteiger partial charge in [0.25, 0.3) is 0 Å². The van der Waals surface area contributed by atoms with Gasteiger partial charge >= 0.3 is 18.0 Å². The molecule has 2 amide bonds. The molecule has 21 heavy (non-hydrogen) atoms. The molecule has 7 nitrogen and oxygen atoms in total. The summed E-state index contributed by atoms with van der Waals surface area (Å²) >= 11 is 0. The normalized spacial score (nSPS) is 29.0. The minimum atomic E-state index is -0.796. The van der Waals surface area contributed by atoms with E-state index >= 15 is 0 Å². The zero-order chi connectivity index (χ0) is 15.4. The first kappa shape index (κ1) is 15.6. The third-order valence-corrected chi connectivity index (χ3v) is 4.35. The Hall–Kier alpha value is -1.79. The number of esters is 1. The molecule has 1 heterocycles. The van der Waals surface area contributed by atoms with Crippen molar-refractivity contribution in [3.8, 4) is 0 Å². The molecule has 2 aliphatic rings. The zero-order valence-corrected chi connectivity index (χ0v) is 12.2. The second kappa shape index (κ2) is 6.78. The van der Waals surface area contributed by atoms with Crippen molar-refractivity contribution in [2.24, 2.45) is 11.8 Å². The van der Waals surface area contributed by atoms with Crippen LogP contribution < -0.4 is 5.32 Å². The number of urea groups is 1. The average molecular weight is 298 g/mol. The van der Waals surface area contributed by atoms with Crippen molar-refractivity contribution in [3.05, 3.63) is 0 Å². The van der Waals surface area contributed by atoms with Crippen molar-refractivity contribution in [3.63, 3.8) is 0 Å². The van der Waals surface area contributed by atoms with Gasteiger partial charge in [0, 0.05) is 19.1 Å². The van der Waals surface area contributed by atoms with E-state index in [1.807, 2.05) is 0 Å². The summed E-state index contributed by atoms with van der Waals surface area (Å²) in [6, 6.07) is -0.295. The van der Waals surface area contributed by atoms with Gasteiger partial charge < -0.3 is 20.1 Å². The standard InChI is InChI=1S/C14H22N2O5/c1-21-13(19)10-3-2-6-16(8-10)14(20)15-11-5-4-9(7-11)12(17)18/h9-11H,2-8H2,1H3,(H,15,20)(H,17,18). The maximum Gasteiger partial charge on any atom is 0.317 e. The third kappa shape index (κ3) is 3.86. The Morgan fingerprint density at radius 2 is 1.95 bits per heavy atom. The Morgan fingerprint density at radius 3 is 2.57 bits per heavy atom. The molecule has 0 aromatic heterocycles. The van der Waals surface area contributed by atoms with Crippen LogP contribution in [-0.2, 0) is 14.3 Å². The van der Waals surface area contributed by atoms with Gasteiger partial charge in [-0.05, 0) is 32.1 Å². The molecule has 2 rings (SSSR count). The molecule has 0 aromatic carbocycles. The minimum absolute atomic E-state index is 0.0860. The first-order valence-electron chi connectivity index (χ1n) is 7.37. The zero-order valence-electron chi connectivity index (χ0n) is 12.2. The highest BCUT2D eigenvalue weighted by Gasteiger charge is 2.33. The van der Waals surface area contributed by atoms with Gasteiger partial charge in [0.2, 0.25) is 0 Å². The van der Waals surface area contributed by atoms with Gasteiger partial charge in [-0.15, -0.1) is 0 Å². The molecule has 118 valence electrons. The highest BCUT2D eigenvalue weighted by molar-refractivity contribution is 5.77. The molecule has 2 fully saturated rings. The number of ether oxygens (including phenoxy) is 1. The van der Waals surface area contributed by atoms with E-state index in [4.69, 9.17) is 9.84 Å². The number of nitrogens with zero attached hydrogens (tertiary/aromatic N) is 1. The fourth-order valence-corrected chi connectivity index (χ4v) is 3.12. The van der Waals surface area contributed by atoms with Gasteiger partial charge in [-0.2, -0.15) is 0 Å². The second-order valence-corrected chi connectivity index (χ2v) is 5.80. The summed E-state index contributed by atoms with van der Waals surface area (Å²) in [5.41, 5.74) is 0. The van der Waals surface area contributed by atoms with Crippen LogP contribution in [0.2, 0.25) is 0 Å². The van der Waals surface area contributed by atoms with E-state index in [1.54, 1.807) is 4.90 Å². The predicted molar refractivity (Wildman–Crippen MR) is 73.6 cm³/mol. The fourth-order valence-electron chi connectivity index (χ4n) is 3.12. The second-order valence-electron chi connectivity index (χ2n) is 5.80. The van der Waals surface area contributed by atoms with Crippen molar-refractivity contribution < 1.29 is 24.2 Å². The summed E-state index contributed by atoms with van der Waals surface area (Å²) < 4.78 is 4.73. The van der Waals surface area contributed by atoms with Gasteiger partial charge in [-0.1, -0.05) is 0 Å². The number of piperidine rings is 1. The lowest BCUT2D eigenvalue weighted by Gasteiger charge is -2.32. The van der Waals surface area contributed by atoms with Crippen LogP contribution >= 0.6 is 0 Å². The number of hydrogen-bond donors (Lipinski definition) is 2. The molecular weight excluding hydrogens is 276 g/mol. The Bertz CT molecular complexity index is 426. The van der Waals surface area contributed by atoms with E-state index in [9.17, 15) is 14.4 Å². The van der Waals surface area contributed by atoms with E-state index in [2.05, 4.69) is 5.32 Å². The van der Waals surface area contributed by atoms with E-state index in [0.717, 1.165) is 12.8 Å². The molecule has 3 unspecified atom stereocenters. The molecule has 0 radical (unpaired) electrons. The third-order valence-electron chi connectivity index (χ3n) is 4.35. The topological polar surface area (TPSA) is 95.9 Å². The molecule has 7 heteroatoms. The first-order valence-corrected chi connectivity index (χ1v) is 7.37. The van der Waals surface area contributed by atoms with Crippen LogP contribution in [0, 0.1) is 11.8 Å². The lowest BCUT2D eigenvalue weighted by atomic mass is 9.98. The van der Waals surface area contributed by atoms with Gasteiger partial charge in [0.05, 0.1) is 18.9 Å². The average Bonchev–Trinajstić information content (AvgIpc) is 2.95. The molecule has 1 saturated heterocycles. The van der Waals surface area contributed by atoms with Crippen molar-refractivity contribution >= 4 is 18.0 Å². The number of nitrogens with one attached hydrogen (secondary N) is 1. The number of likely N-dealkylation sites (tertiary alicyclic amines) is 1. The molecule has 0 spiro atoms. The number of amides is 2. The van der Waals surface area contributed by atoms with Gasteiger partial charge in [-0.25, -0.2) is 4.79 Å². The van der Waals surface area contributed by atoms with Crippen molar-refractivity contribution in [2.75, 3.05) is 20.2 Å². The number of rotatable bonds is 3. The summed E-state index contributed by atoms with van der Waals surface area (Å²) in [5, 5.41) is 11.8. The predicted octanol–water partition coefficient (Wildman–Crippen LogP) is 0.834. The van der Waals surface area contributed by atoms with E-state index < -0.39 is 5.97 Å². The quantitative estimate of drug-likeness (QED) is 0.753. The van der Waals surface area contributed by atoms with Crippen LogP contribution in [0.4, 0.5) is 4.79 Å². The SMILES string of the molecule is COC(=O)C1CCCN(C(=O)NC2CCC(C(=O)O)C2)C1. The smallest absolute Gasteiger partial charge is 0.317 e. The van der Waals surface area contributed by atoms with Crippen LogP contribution in [0.25, 0.3) is 0 Å². The van der Waals surface area contributed by atoms with Gasteiger partial charge in [0.1, 0.15) is 0 Å². The van der Waals surface area contributed by atoms with Crippen molar-refractivity contribution in [1.29, 1.82) is 0 Å². The fraction of sp³-hybridized carbons (Fsp3) is 0.786.